The highest BCUT2D eigenvalue weighted by atomic mass is 79.9. The second-order valence-electron chi connectivity index (χ2n) is 3.54. The zero-order chi connectivity index (χ0) is 12.3. The largest absolute Gasteiger partial charge is 0.453 e. The molecule has 1 unspecified atom stereocenters. The number of halogens is 2. The Kier molecular flexibility index (Phi) is 4.17. The van der Waals surface area contributed by atoms with Crippen LogP contribution in [0.1, 0.15) is 17.3 Å². The van der Waals surface area contributed by atoms with Crippen LogP contribution in [-0.4, -0.2) is 4.98 Å². The molecule has 6 heteroatoms. The number of nitrogens with one attached hydrogen (secondary N) is 1. The molecule has 0 fully saturated rings. The molecule has 2 aromatic rings. The Labute approximate surface area is 112 Å². The summed E-state index contributed by atoms with van der Waals surface area (Å²) in [6, 6.07) is 5.55. The standard InChI is InChI=1S/C11H11BrClN3O/c12-7-1-2-8(15-6-7)5-10(16-14)9-3-4-17-11(9)13/h1-4,6,10,16H,5,14H2. The smallest absolute Gasteiger partial charge is 0.197 e. The number of hydrogen-bond donors (Lipinski definition) is 2. The van der Waals surface area contributed by atoms with Crippen LogP contribution < -0.4 is 11.3 Å². The number of aromatic nitrogens is 1. The van der Waals surface area contributed by atoms with E-state index in [9.17, 15) is 0 Å². The van der Waals surface area contributed by atoms with Crippen molar-refractivity contribution in [1.82, 2.24) is 10.4 Å². The van der Waals surface area contributed by atoms with E-state index in [0.29, 0.717) is 11.6 Å². The molecule has 2 rings (SSSR count). The summed E-state index contributed by atoms with van der Waals surface area (Å²) in [7, 11) is 0. The highest BCUT2D eigenvalue weighted by Crippen LogP contribution is 2.25. The van der Waals surface area contributed by atoms with Gasteiger partial charge in [0.2, 0.25) is 0 Å². The zero-order valence-corrected chi connectivity index (χ0v) is 11.2. The SMILES string of the molecule is NNC(Cc1ccc(Br)cn1)c1ccoc1Cl. The first-order valence-electron chi connectivity index (χ1n) is 5.00. The third-order valence-electron chi connectivity index (χ3n) is 2.42. The van der Waals surface area contributed by atoms with Gasteiger partial charge in [0.15, 0.2) is 5.22 Å². The summed E-state index contributed by atoms with van der Waals surface area (Å²) in [6.45, 7) is 0. The van der Waals surface area contributed by atoms with Crippen molar-refractivity contribution in [1.29, 1.82) is 0 Å². The van der Waals surface area contributed by atoms with Crippen LogP contribution in [0.5, 0.6) is 0 Å². The number of pyridine rings is 1. The van der Waals surface area contributed by atoms with Crippen molar-refractivity contribution >= 4 is 27.5 Å². The van der Waals surface area contributed by atoms with Gasteiger partial charge in [-0.1, -0.05) is 0 Å². The van der Waals surface area contributed by atoms with E-state index in [1.165, 1.54) is 6.26 Å². The second-order valence-corrected chi connectivity index (χ2v) is 4.80. The molecule has 1 atom stereocenters. The monoisotopic (exact) mass is 315 g/mol. The summed E-state index contributed by atoms with van der Waals surface area (Å²) in [5, 5.41) is 0.352. The lowest BCUT2D eigenvalue weighted by atomic mass is 10.1. The molecule has 0 aliphatic rings. The molecule has 0 saturated heterocycles. The van der Waals surface area contributed by atoms with E-state index < -0.39 is 0 Å². The predicted molar refractivity (Wildman–Crippen MR) is 69.4 cm³/mol. The van der Waals surface area contributed by atoms with Crippen molar-refractivity contribution in [3.63, 3.8) is 0 Å². The van der Waals surface area contributed by atoms with E-state index in [1.807, 2.05) is 12.1 Å². The molecular formula is C11H11BrClN3O. The van der Waals surface area contributed by atoms with Crippen LogP contribution >= 0.6 is 27.5 Å². The van der Waals surface area contributed by atoms with Crippen LogP contribution in [0.3, 0.4) is 0 Å². The third kappa shape index (κ3) is 3.07. The van der Waals surface area contributed by atoms with Crippen LogP contribution in [0.15, 0.2) is 39.5 Å². The van der Waals surface area contributed by atoms with E-state index in [2.05, 4.69) is 26.3 Å². The number of nitrogens with zero attached hydrogens (tertiary/aromatic N) is 1. The van der Waals surface area contributed by atoms with Crippen LogP contribution in [0.25, 0.3) is 0 Å². The Hall–Kier alpha value is -0.880. The molecule has 2 aromatic heterocycles. The van der Waals surface area contributed by atoms with Crippen molar-refractivity contribution in [2.24, 2.45) is 5.84 Å². The van der Waals surface area contributed by atoms with Crippen molar-refractivity contribution < 1.29 is 4.42 Å². The lowest BCUT2D eigenvalue weighted by Crippen LogP contribution is -2.29. The summed E-state index contributed by atoms with van der Waals surface area (Å²) in [6.07, 6.45) is 3.93. The first-order valence-corrected chi connectivity index (χ1v) is 6.17. The topological polar surface area (TPSA) is 64.1 Å². The third-order valence-corrected chi connectivity index (χ3v) is 3.20. The van der Waals surface area contributed by atoms with E-state index in [-0.39, 0.29) is 6.04 Å². The van der Waals surface area contributed by atoms with Gasteiger partial charge in [0.05, 0.1) is 12.3 Å². The van der Waals surface area contributed by atoms with Gasteiger partial charge in [0.25, 0.3) is 0 Å². The molecular weight excluding hydrogens is 305 g/mol. The average Bonchev–Trinajstić information content (AvgIpc) is 2.75. The number of hydrogen-bond acceptors (Lipinski definition) is 4. The van der Waals surface area contributed by atoms with Crippen LogP contribution in [-0.2, 0) is 6.42 Å². The molecule has 0 aromatic carbocycles. The Morgan fingerprint density at radius 2 is 2.29 bits per heavy atom. The number of nitrogens with two attached hydrogens (primary N) is 1. The van der Waals surface area contributed by atoms with Crippen molar-refractivity contribution in [3.05, 3.63) is 51.6 Å². The molecule has 0 amide bonds. The van der Waals surface area contributed by atoms with Crippen molar-refractivity contribution in [2.45, 2.75) is 12.5 Å². The molecule has 2 heterocycles. The van der Waals surface area contributed by atoms with Gasteiger partial charge in [-0.05, 0) is 45.7 Å². The Morgan fingerprint density at radius 1 is 1.47 bits per heavy atom. The normalized spacial score (nSPS) is 12.6. The van der Waals surface area contributed by atoms with Gasteiger partial charge in [0.1, 0.15) is 0 Å². The van der Waals surface area contributed by atoms with E-state index in [1.54, 1.807) is 12.3 Å². The molecule has 0 aliphatic carbocycles. The summed E-state index contributed by atoms with van der Waals surface area (Å²) >= 11 is 9.25. The van der Waals surface area contributed by atoms with E-state index in [0.717, 1.165) is 15.7 Å². The van der Waals surface area contributed by atoms with Gasteiger partial charge in [-0.3, -0.25) is 16.3 Å². The maximum atomic E-state index is 5.91. The highest BCUT2D eigenvalue weighted by molar-refractivity contribution is 9.10. The minimum Gasteiger partial charge on any atom is -0.453 e. The van der Waals surface area contributed by atoms with Crippen LogP contribution in [0, 0.1) is 0 Å². The summed E-state index contributed by atoms with van der Waals surface area (Å²) in [4.78, 5) is 4.29. The average molecular weight is 317 g/mol. The lowest BCUT2D eigenvalue weighted by Gasteiger charge is -2.14. The fourth-order valence-electron chi connectivity index (χ4n) is 1.55. The van der Waals surface area contributed by atoms with Gasteiger partial charge in [-0.2, -0.15) is 0 Å². The highest BCUT2D eigenvalue weighted by Gasteiger charge is 2.16. The maximum Gasteiger partial charge on any atom is 0.197 e. The van der Waals surface area contributed by atoms with Crippen molar-refractivity contribution in [3.8, 4) is 0 Å². The summed E-state index contributed by atoms with van der Waals surface area (Å²) in [5.74, 6) is 5.52. The van der Waals surface area contributed by atoms with E-state index >= 15 is 0 Å². The fraction of sp³-hybridized carbons (Fsp3) is 0.182. The van der Waals surface area contributed by atoms with Gasteiger partial charge in [-0.15, -0.1) is 0 Å². The number of furan rings is 1. The maximum absolute atomic E-state index is 5.91. The van der Waals surface area contributed by atoms with Gasteiger partial charge in [0, 0.05) is 28.3 Å². The van der Waals surface area contributed by atoms with Gasteiger partial charge in [-0.25, -0.2) is 0 Å². The molecule has 0 aliphatic heterocycles. The Bertz CT molecular complexity index is 486. The molecule has 0 spiro atoms. The Morgan fingerprint density at radius 3 is 2.82 bits per heavy atom. The van der Waals surface area contributed by atoms with Gasteiger partial charge >= 0.3 is 0 Å². The fourth-order valence-corrected chi connectivity index (χ4v) is 2.03. The molecule has 0 radical (unpaired) electrons. The Balaban J connectivity index is 2.16. The van der Waals surface area contributed by atoms with Gasteiger partial charge < -0.3 is 4.42 Å². The zero-order valence-electron chi connectivity index (χ0n) is 8.86. The minimum absolute atomic E-state index is 0.116. The molecule has 0 bridgehead atoms. The number of hydrazine groups is 1. The first kappa shape index (κ1) is 12.6. The molecule has 3 N–H and O–H groups in total. The van der Waals surface area contributed by atoms with Crippen molar-refractivity contribution in [2.75, 3.05) is 0 Å². The summed E-state index contributed by atoms with van der Waals surface area (Å²) < 4.78 is 5.99. The molecule has 90 valence electrons. The van der Waals surface area contributed by atoms with Crippen LogP contribution in [0.2, 0.25) is 5.22 Å². The minimum atomic E-state index is -0.116. The predicted octanol–water partition coefficient (Wildman–Crippen LogP) is 2.84. The molecule has 0 saturated carbocycles. The van der Waals surface area contributed by atoms with E-state index in [4.69, 9.17) is 21.9 Å². The van der Waals surface area contributed by atoms with Crippen LogP contribution in [0.4, 0.5) is 0 Å². The second kappa shape index (κ2) is 5.64. The quantitative estimate of drug-likeness (QED) is 0.672. The summed E-state index contributed by atoms with van der Waals surface area (Å²) in [5.41, 5.74) is 4.47. The molecule has 17 heavy (non-hydrogen) atoms. The first-order chi connectivity index (χ1) is 8.20. The molecule has 4 nitrogen and oxygen atoms in total. The lowest BCUT2D eigenvalue weighted by molar-refractivity contribution is 0.523. The number of rotatable bonds is 4.